The van der Waals surface area contributed by atoms with Crippen LogP contribution in [-0.2, 0) is 6.54 Å². The van der Waals surface area contributed by atoms with Gasteiger partial charge < -0.3 is 11.1 Å². The summed E-state index contributed by atoms with van der Waals surface area (Å²) in [6, 6.07) is 11.8. The zero-order valence-corrected chi connectivity index (χ0v) is 9.27. The van der Waals surface area contributed by atoms with Crippen molar-refractivity contribution in [1.29, 1.82) is 0 Å². The van der Waals surface area contributed by atoms with Gasteiger partial charge in [0.05, 0.1) is 0 Å². The van der Waals surface area contributed by atoms with Gasteiger partial charge in [-0.05, 0) is 36.2 Å². The molecule has 0 unspecified atom stereocenters. The van der Waals surface area contributed by atoms with E-state index in [1.54, 1.807) is 6.20 Å². The second-order valence-electron chi connectivity index (χ2n) is 3.77. The summed E-state index contributed by atoms with van der Waals surface area (Å²) < 4.78 is 0. The molecule has 2 aromatic rings. The molecule has 3 nitrogen and oxygen atoms in total. The molecule has 16 heavy (non-hydrogen) atoms. The van der Waals surface area contributed by atoms with E-state index in [1.807, 2.05) is 43.3 Å². The lowest BCUT2D eigenvalue weighted by Crippen LogP contribution is -2.03. The number of anilines is 2. The first-order valence-corrected chi connectivity index (χ1v) is 5.25. The summed E-state index contributed by atoms with van der Waals surface area (Å²) in [7, 11) is 0. The van der Waals surface area contributed by atoms with Crippen molar-refractivity contribution in [3.63, 3.8) is 0 Å². The van der Waals surface area contributed by atoms with Gasteiger partial charge in [0.2, 0.25) is 0 Å². The highest BCUT2D eigenvalue weighted by Gasteiger charge is 1.98. The van der Waals surface area contributed by atoms with Gasteiger partial charge in [-0.15, -0.1) is 0 Å². The molecule has 0 fully saturated rings. The Morgan fingerprint density at radius 2 is 2.12 bits per heavy atom. The van der Waals surface area contributed by atoms with Crippen molar-refractivity contribution in [2.75, 3.05) is 11.1 Å². The fraction of sp³-hybridized carbons (Fsp3) is 0.154. The van der Waals surface area contributed by atoms with Crippen molar-refractivity contribution in [3.8, 4) is 0 Å². The maximum absolute atomic E-state index is 5.71. The van der Waals surface area contributed by atoms with Gasteiger partial charge in [-0.25, -0.2) is 4.98 Å². The number of pyridine rings is 1. The molecule has 0 aliphatic rings. The second kappa shape index (κ2) is 4.66. The number of benzene rings is 1. The van der Waals surface area contributed by atoms with Crippen LogP contribution in [0.15, 0.2) is 42.6 Å². The first-order chi connectivity index (χ1) is 7.75. The number of nitrogens with one attached hydrogen (secondary N) is 1. The van der Waals surface area contributed by atoms with Gasteiger partial charge in [0.1, 0.15) is 5.82 Å². The summed E-state index contributed by atoms with van der Waals surface area (Å²) in [5.74, 6) is 0.921. The van der Waals surface area contributed by atoms with Crippen LogP contribution in [0, 0.1) is 6.92 Å². The van der Waals surface area contributed by atoms with E-state index in [0.717, 1.165) is 29.2 Å². The average molecular weight is 213 g/mol. The minimum atomic E-state index is 0.739. The summed E-state index contributed by atoms with van der Waals surface area (Å²) in [6.07, 6.45) is 1.79. The number of nitrogens with two attached hydrogens (primary N) is 1. The summed E-state index contributed by atoms with van der Waals surface area (Å²) in [5, 5.41) is 3.29. The molecule has 0 saturated carbocycles. The second-order valence-corrected chi connectivity index (χ2v) is 3.77. The van der Waals surface area contributed by atoms with Crippen LogP contribution < -0.4 is 11.1 Å². The third-order valence-electron chi connectivity index (χ3n) is 2.42. The van der Waals surface area contributed by atoms with Crippen LogP contribution in [0.25, 0.3) is 0 Å². The van der Waals surface area contributed by atoms with Gasteiger partial charge in [0, 0.05) is 18.4 Å². The number of hydrogen-bond acceptors (Lipinski definition) is 3. The molecule has 3 N–H and O–H groups in total. The quantitative estimate of drug-likeness (QED) is 0.770. The lowest BCUT2D eigenvalue weighted by molar-refractivity contribution is 1.10. The van der Waals surface area contributed by atoms with Crippen LogP contribution in [0.2, 0.25) is 0 Å². The Balaban J connectivity index is 2.05. The molecule has 0 aliphatic heterocycles. The molecule has 2 rings (SSSR count). The van der Waals surface area contributed by atoms with Gasteiger partial charge in [-0.2, -0.15) is 0 Å². The molecule has 0 bridgehead atoms. The lowest BCUT2D eigenvalue weighted by atomic mass is 10.2. The molecule has 0 radical (unpaired) electrons. The Morgan fingerprint density at radius 3 is 2.88 bits per heavy atom. The standard InChI is InChI=1S/C13H15N3/c1-10-4-3-7-15-13(10)16-9-11-5-2-6-12(14)8-11/h2-8H,9,14H2,1H3,(H,15,16). The third-order valence-corrected chi connectivity index (χ3v) is 2.42. The summed E-state index contributed by atoms with van der Waals surface area (Å²) in [4.78, 5) is 4.27. The molecule has 0 aliphatic carbocycles. The monoisotopic (exact) mass is 213 g/mol. The Bertz CT molecular complexity index is 480. The highest BCUT2D eigenvalue weighted by molar-refractivity contribution is 5.45. The summed E-state index contributed by atoms with van der Waals surface area (Å²) >= 11 is 0. The van der Waals surface area contributed by atoms with Crippen molar-refractivity contribution in [2.24, 2.45) is 0 Å². The first kappa shape index (κ1) is 10.5. The predicted molar refractivity (Wildman–Crippen MR) is 67.2 cm³/mol. The molecule has 0 spiro atoms. The van der Waals surface area contributed by atoms with Crippen LogP contribution in [0.4, 0.5) is 11.5 Å². The van der Waals surface area contributed by atoms with Gasteiger partial charge in [0.25, 0.3) is 0 Å². The number of rotatable bonds is 3. The molecule has 1 aromatic heterocycles. The van der Waals surface area contributed by atoms with Crippen LogP contribution >= 0.6 is 0 Å². The van der Waals surface area contributed by atoms with Crippen molar-refractivity contribution in [1.82, 2.24) is 4.98 Å². The number of nitrogens with zero attached hydrogens (tertiary/aromatic N) is 1. The average Bonchev–Trinajstić information content (AvgIpc) is 2.28. The fourth-order valence-electron chi connectivity index (χ4n) is 1.56. The smallest absolute Gasteiger partial charge is 0.129 e. The minimum Gasteiger partial charge on any atom is -0.399 e. The largest absolute Gasteiger partial charge is 0.399 e. The van der Waals surface area contributed by atoms with Gasteiger partial charge in [0.15, 0.2) is 0 Å². The summed E-state index contributed by atoms with van der Waals surface area (Å²) in [5.41, 5.74) is 8.81. The Morgan fingerprint density at radius 1 is 1.25 bits per heavy atom. The van der Waals surface area contributed by atoms with Crippen molar-refractivity contribution < 1.29 is 0 Å². The molecule has 1 heterocycles. The highest BCUT2D eigenvalue weighted by atomic mass is 15.0. The number of hydrogen-bond donors (Lipinski definition) is 2. The minimum absolute atomic E-state index is 0.739. The molecule has 0 saturated heterocycles. The Kier molecular flexibility index (Phi) is 3.05. The van der Waals surface area contributed by atoms with Gasteiger partial charge in [-0.1, -0.05) is 18.2 Å². The van der Waals surface area contributed by atoms with Crippen molar-refractivity contribution in [2.45, 2.75) is 13.5 Å². The van der Waals surface area contributed by atoms with E-state index in [4.69, 9.17) is 5.73 Å². The topological polar surface area (TPSA) is 50.9 Å². The van der Waals surface area contributed by atoms with E-state index < -0.39 is 0 Å². The van der Waals surface area contributed by atoms with E-state index >= 15 is 0 Å². The van der Waals surface area contributed by atoms with E-state index in [1.165, 1.54) is 0 Å². The van der Waals surface area contributed by atoms with Crippen LogP contribution in [0.3, 0.4) is 0 Å². The zero-order chi connectivity index (χ0) is 11.4. The van der Waals surface area contributed by atoms with E-state index in [-0.39, 0.29) is 0 Å². The van der Waals surface area contributed by atoms with E-state index in [0.29, 0.717) is 0 Å². The van der Waals surface area contributed by atoms with Crippen LogP contribution in [0.5, 0.6) is 0 Å². The van der Waals surface area contributed by atoms with Crippen molar-refractivity contribution in [3.05, 3.63) is 53.7 Å². The highest BCUT2D eigenvalue weighted by Crippen LogP contribution is 2.12. The normalized spacial score (nSPS) is 10.1. The molecule has 0 amide bonds. The van der Waals surface area contributed by atoms with Crippen LogP contribution in [-0.4, -0.2) is 4.98 Å². The Labute approximate surface area is 95.3 Å². The third kappa shape index (κ3) is 2.51. The molecule has 3 heteroatoms. The van der Waals surface area contributed by atoms with Crippen LogP contribution in [0.1, 0.15) is 11.1 Å². The molecular weight excluding hydrogens is 198 g/mol. The lowest BCUT2D eigenvalue weighted by Gasteiger charge is -2.08. The number of aryl methyl sites for hydroxylation is 1. The molecule has 0 atom stereocenters. The zero-order valence-electron chi connectivity index (χ0n) is 9.27. The Hall–Kier alpha value is -2.03. The van der Waals surface area contributed by atoms with E-state index in [2.05, 4.69) is 10.3 Å². The molecule has 1 aromatic carbocycles. The van der Waals surface area contributed by atoms with E-state index in [9.17, 15) is 0 Å². The van der Waals surface area contributed by atoms with Crippen molar-refractivity contribution >= 4 is 11.5 Å². The number of nitrogen functional groups attached to an aromatic ring is 1. The SMILES string of the molecule is Cc1cccnc1NCc1cccc(N)c1. The fourth-order valence-corrected chi connectivity index (χ4v) is 1.56. The molecule has 82 valence electrons. The van der Waals surface area contributed by atoms with Gasteiger partial charge in [-0.3, -0.25) is 0 Å². The van der Waals surface area contributed by atoms with Gasteiger partial charge >= 0.3 is 0 Å². The first-order valence-electron chi connectivity index (χ1n) is 5.25. The summed E-state index contributed by atoms with van der Waals surface area (Å²) in [6.45, 7) is 2.78. The maximum atomic E-state index is 5.71. The predicted octanol–water partition coefficient (Wildman–Crippen LogP) is 2.58. The maximum Gasteiger partial charge on any atom is 0.129 e. The number of aromatic nitrogens is 1. The molecular formula is C13H15N3.